The van der Waals surface area contributed by atoms with Gasteiger partial charge in [-0.25, -0.2) is 13.1 Å². The predicted molar refractivity (Wildman–Crippen MR) is 68.1 cm³/mol. The molecule has 0 saturated heterocycles. The van der Waals surface area contributed by atoms with Gasteiger partial charge < -0.3 is 4.74 Å². The van der Waals surface area contributed by atoms with Gasteiger partial charge in [0.15, 0.2) is 5.78 Å². The zero-order chi connectivity index (χ0) is 13.6. The number of carbonyl (C=O) groups is 1. The number of sulfonamides is 1. The van der Waals surface area contributed by atoms with Crippen LogP contribution >= 0.6 is 0 Å². The molecule has 0 unspecified atom stereocenters. The minimum Gasteiger partial charge on any atom is -0.383 e. The number of nitrogens with one attached hydrogen (secondary N) is 1. The maximum Gasteiger partial charge on any atom is 0.240 e. The first kappa shape index (κ1) is 14.8. The highest BCUT2D eigenvalue weighted by Gasteiger charge is 2.15. The molecule has 0 atom stereocenters. The van der Waals surface area contributed by atoms with E-state index in [1.54, 1.807) is 19.1 Å². The van der Waals surface area contributed by atoms with Gasteiger partial charge in [-0.3, -0.25) is 4.79 Å². The van der Waals surface area contributed by atoms with Crippen LogP contribution in [0.2, 0.25) is 0 Å². The minimum absolute atomic E-state index is 0.0797. The van der Waals surface area contributed by atoms with E-state index in [1.807, 2.05) is 0 Å². The molecule has 0 bridgehead atoms. The summed E-state index contributed by atoms with van der Waals surface area (Å²) >= 11 is 0. The molecule has 0 amide bonds. The number of hydrogen-bond donors (Lipinski definition) is 1. The average Bonchev–Trinajstić information content (AvgIpc) is 2.38. The molecule has 0 aliphatic heterocycles. The molecule has 0 aromatic heterocycles. The third kappa shape index (κ3) is 3.90. The van der Waals surface area contributed by atoms with Crippen molar-refractivity contribution < 1.29 is 17.9 Å². The molecule has 0 spiro atoms. The number of carbonyl (C=O) groups excluding carboxylic acids is 1. The Hall–Kier alpha value is -1.24. The van der Waals surface area contributed by atoms with E-state index in [4.69, 9.17) is 4.74 Å². The lowest BCUT2D eigenvalue weighted by Crippen LogP contribution is -2.27. The highest BCUT2D eigenvalue weighted by molar-refractivity contribution is 7.89. The number of ketones is 1. The Morgan fingerprint density at radius 1 is 1.39 bits per heavy atom. The molecule has 0 saturated carbocycles. The van der Waals surface area contributed by atoms with Crippen LogP contribution in [0.3, 0.4) is 0 Å². The fourth-order valence-corrected chi connectivity index (χ4v) is 2.46. The number of benzene rings is 1. The van der Waals surface area contributed by atoms with Crippen LogP contribution < -0.4 is 4.72 Å². The lowest BCUT2D eigenvalue weighted by Gasteiger charge is -2.07. The van der Waals surface area contributed by atoms with Gasteiger partial charge in [-0.2, -0.15) is 0 Å². The molecule has 18 heavy (non-hydrogen) atoms. The summed E-state index contributed by atoms with van der Waals surface area (Å²) in [6.45, 7) is 2.23. The van der Waals surface area contributed by atoms with Crippen molar-refractivity contribution >= 4 is 15.8 Å². The van der Waals surface area contributed by atoms with Gasteiger partial charge in [0.2, 0.25) is 10.0 Å². The predicted octanol–water partition coefficient (Wildman–Crippen LogP) is 1.20. The summed E-state index contributed by atoms with van der Waals surface area (Å²) in [6, 6.07) is 6.02. The van der Waals surface area contributed by atoms with Crippen molar-refractivity contribution in [2.45, 2.75) is 18.2 Å². The Labute approximate surface area is 107 Å². The van der Waals surface area contributed by atoms with Crippen molar-refractivity contribution in [1.82, 2.24) is 4.72 Å². The van der Waals surface area contributed by atoms with Crippen molar-refractivity contribution in [1.29, 1.82) is 0 Å². The molecule has 1 N–H and O–H groups in total. The standard InChI is InChI=1S/C12H17NO4S/c1-3-12(14)10-5-4-6-11(9-10)18(15,16)13-7-8-17-2/h4-6,9,13H,3,7-8H2,1-2H3. The van der Waals surface area contributed by atoms with E-state index in [9.17, 15) is 13.2 Å². The molecule has 6 heteroatoms. The molecule has 0 aliphatic carbocycles. The zero-order valence-corrected chi connectivity index (χ0v) is 11.3. The summed E-state index contributed by atoms with van der Waals surface area (Å²) < 4.78 is 31.0. The van der Waals surface area contributed by atoms with Crippen molar-refractivity contribution in [2.24, 2.45) is 0 Å². The van der Waals surface area contributed by atoms with Gasteiger partial charge in [0.1, 0.15) is 0 Å². The maximum atomic E-state index is 11.9. The molecule has 0 heterocycles. The zero-order valence-electron chi connectivity index (χ0n) is 10.5. The van der Waals surface area contributed by atoms with Crippen molar-refractivity contribution in [3.8, 4) is 0 Å². The summed E-state index contributed by atoms with van der Waals surface area (Å²) in [6.07, 6.45) is 0.348. The van der Waals surface area contributed by atoms with Crippen LogP contribution in [0.1, 0.15) is 23.7 Å². The summed E-state index contributed by atoms with van der Waals surface area (Å²) in [5.41, 5.74) is 0.409. The molecule has 1 aromatic rings. The third-order valence-corrected chi connectivity index (χ3v) is 3.84. The first-order valence-electron chi connectivity index (χ1n) is 5.63. The van der Waals surface area contributed by atoms with Crippen molar-refractivity contribution in [2.75, 3.05) is 20.3 Å². The molecular weight excluding hydrogens is 254 g/mol. The van der Waals surface area contributed by atoms with E-state index in [-0.39, 0.29) is 17.2 Å². The Kier molecular flexibility index (Phi) is 5.46. The molecule has 1 aromatic carbocycles. The van der Waals surface area contributed by atoms with Gasteiger partial charge in [-0.05, 0) is 12.1 Å². The van der Waals surface area contributed by atoms with Crippen LogP contribution in [0, 0.1) is 0 Å². The van der Waals surface area contributed by atoms with Gasteiger partial charge in [0.25, 0.3) is 0 Å². The van der Waals surface area contributed by atoms with Gasteiger partial charge >= 0.3 is 0 Å². The Morgan fingerprint density at radius 3 is 2.72 bits per heavy atom. The van der Waals surface area contributed by atoms with Crippen LogP contribution in [0.5, 0.6) is 0 Å². The second-order valence-electron chi connectivity index (χ2n) is 3.70. The van der Waals surface area contributed by atoms with Crippen LogP contribution in [0.15, 0.2) is 29.2 Å². The number of hydrogen-bond acceptors (Lipinski definition) is 4. The van der Waals surface area contributed by atoms with Crippen LogP contribution in [0.25, 0.3) is 0 Å². The Bertz CT molecular complexity index is 511. The monoisotopic (exact) mass is 271 g/mol. The largest absolute Gasteiger partial charge is 0.383 e. The number of rotatable bonds is 7. The van der Waals surface area contributed by atoms with Crippen LogP contribution in [-0.4, -0.2) is 34.5 Å². The number of Topliss-reactive ketones (excluding diaryl/α,β-unsaturated/α-hetero) is 1. The fourth-order valence-electron chi connectivity index (χ4n) is 1.40. The fraction of sp³-hybridized carbons (Fsp3) is 0.417. The third-order valence-electron chi connectivity index (χ3n) is 2.39. The second-order valence-corrected chi connectivity index (χ2v) is 5.46. The van der Waals surface area contributed by atoms with E-state index >= 15 is 0 Å². The first-order chi connectivity index (χ1) is 8.51. The smallest absolute Gasteiger partial charge is 0.240 e. The SMILES string of the molecule is CCC(=O)c1cccc(S(=O)(=O)NCCOC)c1. The first-order valence-corrected chi connectivity index (χ1v) is 7.11. The molecular formula is C12H17NO4S. The lowest BCUT2D eigenvalue weighted by atomic mass is 10.1. The number of methoxy groups -OCH3 is 1. The summed E-state index contributed by atoms with van der Waals surface area (Å²) in [4.78, 5) is 11.6. The second kappa shape index (κ2) is 6.63. The van der Waals surface area contributed by atoms with E-state index in [0.717, 1.165) is 0 Å². The molecule has 0 radical (unpaired) electrons. The molecule has 5 nitrogen and oxygen atoms in total. The van der Waals surface area contributed by atoms with Gasteiger partial charge in [-0.15, -0.1) is 0 Å². The minimum atomic E-state index is -3.58. The summed E-state index contributed by atoms with van der Waals surface area (Å²) in [5, 5.41) is 0. The van der Waals surface area contributed by atoms with E-state index in [1.165, 1.54) is 19.2 Å². The van der Waals surface area contributed by atoms with Crippen LogP contribution in [0.4, 0.5) is 0 Å². The highest BCUT2D eigenvalue weighted by Crippen LogP contribution is 2.12. The normalized spacial score (nSPS) is 11.4. The van der Waals surface area contributed by atoms with Gasteiger partial charge in [0, 0.05) is 25.6 Å². The molecule has 100 valence electrons. The van der Waals surface area contributed by atoms with E-state index in [0.29, 0.717) is 18.6 Å². The molecule has 0 aliphatic rings. The summed E-state index contributed by atoms with van der Waals surface area (Å²) in [7, 11) is -2.08. The molecule has 0 fully saturated rings. The topological polar surface area (TPSA) is 72.5 Å². The van der Waals surface area contributed by atoms with Gasteiger partial charge in [-0.1, -0.05) is 19.1 Å². The van der Waals surface area contributed by atoms with Crippen LogP contribution in [-0.2, 0) is 14.8 Å². The lowest BCUT2D eigenvalue weighted by molar-refractivity contribution is 0.0988. The Balaban J connectivity index is 2.92. The summed E-state index contributed by atoms with van der Waals surface area (Å²) in [5.74, 6) is -0.0797. The maximum absolute atomic E-state index is 11.9. The van der Waals surface area contributed by atoms with E-state index in [2.05, 4.69) is 4.72 Å². The van der Waals surface area contributed by atoms with Gasteiger partial charge in [0.05, 0.1) is 11.5 Å². The van der Waals surface area contributed by atoms with E-state index < -0.39 is 10.0 Å². The van der Waals surface area contributed by atoms with Crippen molar-refractivity contribution in [3.05, 3.63) is 29.8 Å². The highest BCUT2D eigenvalue weighted by atomic mass is 32.2. The quantitative estimate of drug-likeness (QED) is 0.597. The molecule has 1 rings (SSSR count). The number of ether oxygens (including phenoxy) is 1. The average molecular weight is 271 g/mol. The Morgan fingerprint density at radius 2 is 2.11 bits per heavy atom. The van der Waals surface area contributed by atoms with Crippen molar-refractivity contribution in [3.63, 3.8) is 0 Å².